The zero-order valence-corrected chi connectivity index (χ0v) is 28.9. The van der Waals surface area contributed by atoms with Gasteiger partial charge in [-0.05, 0) is 100 Å². The lowest BCUT2D eigenvalue weighted by Crippen LogP contribution is -2.52. The zero-order chi connectivity index (χ0) is 32.0. The Labute approximate surface area is 268 Å². The van der Waals surface area contributed by atoms with Crippen molar-refractivity contribution in [3.05, 3.63) is 82.4 Å². The molecule has 240 valence electrons. The molecule has 0 aromatic heterocycles. The van der Waals surface area contributed by atoms with Gasteiger partial charge in [0.25, 0.3) is 0 Å². The Hall–Kier alpha value is -3.05. The van der Waals surface area contributed by atoms with Gasteiger partial charge in [-0.25, -0.2) is 0 Å². The summed E-state index contributed by atoms with van der Waals surface area (Å²) in [6.07, 6.45) is 15.9. The average Bonchev–Trinajstić information content (AvgIpc) is 3.63. The van der Waals surface area contributed by atoms with Gasteiger partial charge in [0.1, 0.15) is 17.6 Å². The number of unbranched alkanes of at least 4 members (excludes halogenated alkanes) is 1. The predicted octanol–water partition coefficient (Wildman–Crippen LogP) is 9.24. The molecule has 1 aliphatic carbocycles. The third-order valence-electron chi connectivity index (χ3n) is 10.6. The number of methoxy groups -OCH3 is 1. The summed E-state index contributed by atoms with van der Waals surface area (Å²) in [7, 11) is 6.27. The first-order chi connectivity index (χ1) is 20.9. The summed E-state index contributed by atoms with van der Waals surface area (Å²) in [6.45, 7) is 17.6. The van der Waals surface area contributed by atoms with Crippen LogP contribution in [0.1, 0.15) is 91.0 Å². The third-order valence-corrected chi connectivity index (χ3v) is 10.6. The fraction of sp³-hybridized carbons (Fsp3) is 0.564. The lowest BCUT2D eigenvalue weighted by Gasteiger charge is -2.41. The van der Waals surface area contributed by atoms with E-state index in [-0.39, 0.29) is 11.8 Å². The Kier molecular flexibility index (Phi) is 11.4. The number of ketones is 1. The minimum Gasteiger partial charge on any atom is -0.500 e. The van der Waals surface area contributed by atoms with Crippen LogP contribution in [0.3, 0.4) is 0 Å². The SMILES string of the molecule is C=C(/C=C(\C=C(\C)C(C)CC)C(=O)CCC/C=C1/Nc2ccc(C)cc2N1CC1CCCC1)C1=C(OC)CC[N+](C)(C)C1C. The molecule has 1 saturated carbocycles. The maximum atomic E-state index is 13.8. The summed E-state index contributed by atoms with van der Waals surface area (Å²) in [6, 6.07) is 6.92. The molecule has 44 heavy (non-hydrogen) atoms. The van der Waals surface area contributed by atoms with Crippen LogP contribution >= 0.6 is 0 Å². The molecule has 0 bridgehead atoms. The van der Waals surface area contributed by atoms with Crippen LogP contribution in [0.5, 0.6) is 0 Å². The molecule has 2 heterocycles. The molecular weight excluding hydrogens is 542 g/mol. The number of rotatable bonds is 13. The molecule has 1 aromatic rings. The molecule has 3 aliphatic rings. The molecule has 0 radical (unpaired) electrons. The topological polar surface area (TPSA) is 41.6 Å². The van der Waals surface area contributed by atoms with Crippen LogP contribution in [-0.2, 0) is 9.53 Å². The van der Waals surface area contributed by atoms with Crippen molar-refractivity contribution in [2.75, 3.05) is 44.5 Å². The Bertz CT molecular complexity index is 1340. The van der Waals surface area contributed by atoms with E-state index in [4.69, 9.17) is 4.74 Å². The fourth-order valence-corrected chi connectivity index (χ4v) is 6.90. The number of Topliss-reactive ketones (excluding diaryl/α,β-unsaturated/α-hetero) is 1. The molecule has 2 aliphatic heterocycles. The standard InChI is InChI=1S/C39H58N3O2/c1-10-28(3)29(4)24-33(25-30(5)39-31(6)42(7,8)22-21-37(39)44-9)36(43)17-13-14-18-38-40-34-20-19-27(2)23-35(34)41(38)26-32-15-11-12-16-32/h18-20,23-25,28,31-32,40H,5,10-17,21-22,26H2,1-4,6-9H3/q+1/b29-24-,33-25+,38-18-. The van der Waals surface area contributed by atoms with E-state index in [1.54, 1.807) is 7.11 Å². The van der Waals surface area contributed by atoms with Gasteiger partial charge in [0, 0.05) is 18.5 Å². The highest BCUT2D eigenvalue weighted by Gasteiger charge is 2.36. The number of likely N-dealkylation sites (N-methyl/N-ethyl adjacent to an activating group) is 1. The third kappa shape index (κ3) is 7.96. The molecule has 5 nitrogen and oxygen atoms in total. The van der Waals surface area contributed by atoms with Crippen LogP contribution in [0.25, 0.3) is 0 Å². The van der Waals surface area contributed by atoms with Gasteiger partial charge in [0.05, 0.1) is 51.1 Å². The van der Waals surface area contributed by atoms with Gasteiger partial charge in [-0.15, -0.1) is 0 Å². The number of fused-ring (bicyclic) bond motifs is 1. The van der Waals surface area contributed by atoms with Crippen LogP contribution in [-0.4, -0.2) is 50.6 Å². The maximum Gasteiger partial charge on any atom is 0.162 e. The van der Waals surface area contributed by atoms with Crippen molar-refractivity contribution < 1.29 is 14.0 Å². The number of carbonyl (C=O) groups excluding carboxylic acids is 1. The van der Waals surface area contributed by atoms with Crippen LogP contribution in [0.2, 0.25) is 0 Å². The fourth-order valence-electron chi connectivity index (χ4n) is 6.90. The van der Waals surface area contributed by atoms with E-state index in [2.05, 4.69) is 95.9 Å². The molecule has 1 N–H and O–H groups in total. The maximum absolute atomic E-state index is 13.8. The Morgan fingerprint density at radius 1 is 1.23 bits per heavy atom. The number of quaternary nitrogens is 1. The second-order valence-electron chi connectivity index (χ2n) is 14.1. The van der Waals surface area contributed by atoms with E-state index in [9.17, 15) is 4.79 Å². The monoisotopic (exact) mass is 600 g/mol. The molecule has 2 unspecified atom stereocenters. The van der Waals surface area contributed by atoms with Crippen molar-refractivity contribution in [2.24, 2.45) is 11.8 Å². The van der Waals surface area contributed by atoms with Crippen molar-refractivity contribution in [3.8, 4) is 0 Å². The quantitative estimate of drug-likeness (QED) is 0.106. The number of hydrogen-bond donors (Lipinski definition) is 1. The van der Waals surface area contributed by atoms with Crippen molar-refractivity contribution in [2.45, 2.75) is 98.4 Å². The van der Waals surface area contributed by atoms with Crippen molar-refractivity contribution in [1.82, 2.24) is 0 Å². The Balaban J connectivity index is 1.51. The second-order valence-corrected chi connectivity index (χ2v) is 14.1. The van der Waals surface area contributed by atoms with Gasteiger partial charge in [-0.2, -0.15) is 0 Å². The van der Waals surface area contributed by atoms with Crippen LogP contribution < -0.4 is 10.2 Å². The highest BCUT2D eigenvalue weighted by molar-refractivity contribution is 5.98. The lowest BCUT2D eigenvalue weighted by molar-refractivity contribution is -0.909. The van der Waals surface area contributed by atoms with E-state index in [1.807, 2.05) is 6.08 Å². The van der Waals surface area contributed by atoms with E-state index in [1.165, 1.54) is 54.0 Å². The van der Waals surface area contributed by atoms with Crippen molar-refractivity contribution >= 4 is 17.2 Å². The molecule has 4 rings (SSSR count). The van der Waals surface area contributed by atoms with Crippen molar-refractivity contribution in [3.63, 3.8) is 0 Å². The summed E-state index contributed by atoms with van der Waals surface area (Å²) in [5, 5.41) is 3.68. The molecular formula is C39H58N3O2+. The minimum absolute atomic E-state index is 0.185. The van der Waals surface area contributed by atoms with Gasteiger partial charge in [-0.3, -0.25) is 4.79 Å². The predicted molar refractivity (Wildman–Crippen MR) is 187 cm³/mol. The van der Waals surface area contributed by atoms with E-state index in [0.29, 0.717) is 12.3 Å². The number of anilines is 2. The normalized spacial score (nSPS) is 22.3. The number of aryl methyl sites for hydroxylation is 1. The summed E-state index contributed by atoms with van der Waals surface area (Å²) >= 11 is 0. The van der Waals surface area contributed by atoms with Crippen LogP contribution in [0.15, 0.2) is 76.9 Å². The number of hydrogen-bond acceptors (Lipinski definition) is 4. The van der Waals surface area contributed by atoms with E-state index in [0.717, 1.165) is 71.7 Å². The van der Waals surface area contributed by atoms with Gasteiger partial charge < -0.3 is 19.4 Å². The lowest BCUT2D eigenvalue weighted by atomic mass is 9.89. The molecule has 0 spiro atoms. The van der Waals surface area contributed by atoms with Crippen molar-refractivity contribution in [1.29, 1.82) is 0 Å². The highest BCUT2D eigenvalue weighted by Crippen LogP contribution is 2.40. The Morgan fingerprint density at radius 3 is 2.64 bits per heavy atom. The number of benzene rings is 1. The molecule has 0 amide bonds. The minimum atomic E-state index is 0.185. The summed E-state index contributed by atoms with van der Waals surface area (Å²) in [4.78, 5) is 16.3. The van der Waals surface area contributed by atoms with Gasteiger partial charge in [0.2, 0.25) is 0 Å². The zero-order valence-electron chi connectivity index (χ0n) is 28.9. The first-order valence-corrected chi connectivity index (χ1v) is 17.0. The van der Waals surface area contributed by atoms with Gasteiger partial charge >= 0.3 is 0 Å². The van der Waals surface area contributed by atoms with Gasteiger partial charge in [0.15, 0.2) is 5.78 Å². The van der Waals surface area contributed by atoms with Crippen LogP contribution in [0.4, 0.5) is 11.4 Å². The molecule has 1 aromatic carbocycles. The highest BCUT2D eigenvalue weighted by atomic mass is 16.5. The Morgan fingerprint density at radius 2 is 1.95 bits per heavy atom. The average molecular weight is 601 g/mol. The van der Waals surface area contributed by atoms with Gasteiger partial charge in [-0.1, -0.05) is 51.0 Å². The number of allylic oxidation sites excluding steroid dienone is 5. The largest absolute Gasteiger partial charge is 0.500 e. The smallest absolute Gasteiger partial charge is 0.162 e. The summed E-state index contributed by atoms with van der Waals surface area (Å²) in [5.41, 5.74) is 7.79. The van der Waals surface area contributed by atoms with E-state index < -0.39 is 0 Å². The molecule has 0 saturated heterocycles. The van der Waals surface area contributed by atoms with E-state index >= 15 is 0 Å². The number of ether oxygens (including phenoxy) is 1. The van der Waals surface area contributed by atoms with Crippen LogP contribution in [0, 0.1) is 18.8 Å². The summed E-state index contributed by atoms with van der Waals surface area (Å²) in [5.74, 6) is 3.53. The molecule has 1 fully saturated rings. The summed E-state index contributed by atoms with van der Waals surface area (Å²) < 4.78 is 6.72. The number of nitrogens with one attached hydrogen (secondary N) is 1. The first-order valence-electron chi connectivity index (χ1n) is 17.0. The number of nitrogens with zero attached hydrogens (tertiary/aromatic N) is 2. The number of carbonyl (C=O) groups is 1. The molecule has 2 atom stereocenters. The molecule has 5 heteroatoms. The first kappa shape index (κ1) is 33.8. The second kappa shape index (κ2) is 14.8.